The Balaban J connectivity index is 1.55. The van der Waals surface area contributed by atoms with Gasteiger partial charge in [-0.3, -0.25) is 4.79 Å². The monoisotopic (exact) mass is 486 g/mol. The molecule has 11 nitrogen and oxygen atoms in total. The minimum Gasteiger partial charge on any atom is -0.465 e. The Morgan fingerprint density at radius 3 is 2.47 bits per heavy atom. The van der Waals surface area contributed by atoms with Crippen LogP contribution in [0.4, 0.5) is 0 Å². The highest BCUT2D eigenvalue weighted by molar-refractivity contribution is 5.66. The van der Waals surface area contributed by atoms with Crippen molar-refractivity contribution in [3.05, 3.63) is 11.6 Å². The van der Waals surface area contributed by atoms with Crippen LogP contribution in [-0.2, 0) is 28.5 Å². The summed E-state index contributed by atoms with van der Waals surface area (Å²) in [4.78, 5) is 11.8. The lowest BCUT2D eigenvalue weighted by atomic mass is 9.51. The van der Waals surface area contributed by atoms with E-state index in [2.05, 4.69) is 0 Å². The summed E-state index contributed by atoms with van der Waals surface area (Å²) in [6, 6.07) is 0. The van der Waals surface area contributed by atoms with E-state index in [9.17, 15) is 30.3 Å². The van der Waals surface area contributed by atoms with Crippen molar-refractivity contribution in [1.29, 1.82) is 0 Å². The zero-order valence-electron chi connectivity index (χ0n) is 19.5. The molecule has 1 spiro atoms. The van der Waals surface area contributed by atoms with E-state index in [0.29, 0.717) is 13.0 Å². The van der Waals surface area contributed by atoms with Gasteiger partial charge in [0.15, 0.2) is 6.29 Å². The van der Waals surface area contributed by atoms with Crippen molar-refractivity contribution < 1.29 is 54.0 Å². The Kier molecular flexibility index (Phi) is 5.91. The molecule has 0 aromatic rings. The summed E-state index contributed by atoms with van der Waals surface area (Å²) in [5.41, 5.74) is -1.50. The molecule has 3 heterocycles. The number of esters is 1. The number of allylic oxidation sites excluding steroid dienone is 1. The third-order valence-corrected chi connectivity index (χ3v) is 8.92. The zero-order valence-corrected chi connectivity index (χ0v) is 19.5. The van der Waals surface area contributed by atoms with Crippen LogP contribution >= 0.6 is 0 Å². The lowest BCUT2D eigenvalue weighted by molar-refractivity contribution is -0.330. The molecule has 2 aliphatic carbocycles. The summed E-state index contributed by atoms with van der Waals surface area (Å²) in [7, 11) is 0. The minimum atomic E-state index is -1.63. The number of hydrogen-bond acceptors (Lipinski definition) is 11. The first-order chi connectivity index (χ1) is 16.0. The number of rotatable bonds is 5. The van der Waals surface area contributed by atoms with Crippen LogP contribution in [0.15, 0.2) is 11.6 Å². The molecule has 192 valence electrons. The van der Waals surface area contributed by atoms with Crippen LogP contribution in [0.5, 0.6) is 0 Å². The third-order valence-electron chi connectivity index (χ3n) is 8.92. The highest BCUT2D eigenvalue weighted by Gasteiger charge is 2.85. The number of aliphatic hydroxyl groups excluding tert-OH is 5. The Morgan fingerprint density at radius 1 is 1.15 bits per heavy atom. The van der Waals surface area contributed by atoms with Gasteiger partial charge in [-0.15, -0.1) is 0 Å². The molecule has 4 fully saturated rings. The van der Waals surface area contributed by atoms with Gasteiger partial charge in [-0.25, -0.2) is 0 Å². The SMILES string of the molecule is CC(=O)OC[C@]12CCC(C)=CC1O[C@@H]1[C@H](O)[C@@H](OC3OC(CO)C(O)C(O)C3O)[C@@]2(C)C12CO2. The largest absolute Gasteiger partial charge is 0.465 e. The fraction of sp³-hybridized carbons (Fsp3) is 0.870. The minimum absolute atomic E-state index is 0.0202. The summed E-state index contributed by atoms with van der Waals surface area (Å²) in [6.07, 6.45) is -7.43. The van der Waals surface area contributed by atoms with Crippen LogP contribution in [0.3, 0.4) is 0 Å². The van der Waals surface area contributed by atoms with Gasteiger partial charge in [-0.05, 0) is 19.8 Å². The van der Waals surface area contributed by atoms with Crippen LogP contribution < -0.4 is 0 Å². The number of ether oxygens (including phenoxy) is 5. The fourth-order valence-electron chi connectivity index (χ4n) is 6.77. The molecule has 0 radical (unpaired) electrons. The summed E-state index contributed by atoms with van der Waals surface area (Å²) >= 11 is 0. The topological polar surface area (TPSA) is 168 Å². The van der Waals surface area contributed by atoms with Crippen molar-refractivity contribution in [3.63, 3.8) is 0 Å². The molecule has 1 saturated carbocycles. The van der Waals surface area contributed by atoms with Crippen molar-refractivity contribution in [3.8, 4) is 0 Å². The summed E-state index contributed by atoms with van der Waals surface area (Å²) < 4.78 is 29.7. The van der Waals surface area contributed by atoms with Gasteiger partial charge in [-0.2, -0.15) is 0 Å². The zero-order chi connectivity index (χ0) is 24.6. The van der Waals surface area contributed by atoms with E-state index in [1.165, 1.54) is 6.92 Å². The van der Waals surface area contributed by atoms with Crippen LogP contribution in [0.25, 0.3) is 0 Å². The Labute approximate surface area is 197 Å². The van der Waals surface area contributed by atoms with Gasteiger partial charge >= 0.3 is 5.97 Å². The van der Waals surface area contributed by atoms with Crippen molar-refractivity contribution in [2.24, 2.45) is 10.8 Å². The van der Waals surface area contributed by atoms with Gasteiger partial charge in [0, 0.05) is 17.8 Å². The molecule has 12 atom stereocenters. The van der Waals surface area contributed by atoms with Gasteiger partial charge in [0.25, 0.3) is 0 Å². The molecule has 5 rings (SSSR count). The number of fused-ring (bicyclic) bond motifs is 2. The molecule has 0 aromatic heterocycles. The van der Waals surface area contributed by atoms with E-state index in [-0.39, 0.29) is 6.61 Å². The maximum absolute atomic E-state index is 11.8. The first-order valence-corrected chi connectivity index (χ1v) is 11.8. The quantitative estimate of drug-likeness (QED) is 0.172. The Bertz CT molecular complexity index is 856. The van der Waals surface area contributed by atoms with E-state index in [1.807, 2.05) is 19.9 Å². The molecule has 0 aromatic carbocycles. The maximum atomic E-state index is 11.8. The maximum Gasteiger partial charge on any atom is 0.302 e. The highest BCUT2D eigenvalue weighted by atomic mass is 16.7. The Hall–Kier alpha value is -1.15. The molecule has 3 aliphatic heterocycles. The molecule has 3 saturated heterocycles. The van der Waals surface area contributed by atoms with Crippen molar-refractivity contribution in [2.75, 3.05) is 19.8 Å². The standard InChI is InChI=1S/C23H34O11/c1-10-4-5-22(8-30-11(2)25)13(6-10)33-19-17(29)18(21(22,3)23(19)9-31-23)34-20-16(28)15(27)14(26)12(7-24)32-20/h6,12-20,24,26-29H,4-5,7-9H2,1-3H3/t12?,13?,14?,15?,16?,17-,18-,19-,20?,21-,22-,23?/m1/s1. The summed E-state index contributed by atoms with van der Waals surface area (Å²) in [5, 5.41) is 51.9. The molecule has 5 N–H and O–H groups in total. The van der Waals surface area contributed by atoms with E-state index in [1.54, 1.807) is 0 Å². The first-order valence-electron chi connectivity index (χ1n) is 11.8. The lowest BCUT2D eigenvalue weighted by Gasteiger charge is -2.58. The van der Waals surface area contributed by atoms with Crippen LogP contribution in [0.2, 0.25) is 0 Å². The van der Waals surface area contributed by atoms with E-state index in [0.717, 1.165) is 12.0 Å². The van der Waals surface area contributed by atoms with Gasteiger partial charge in [0.05, 0.1) is 25.4 Å². The van der Waals surface area contributed by atoms with Crippen molar-refractivity contribution in [1.82, 2.24) is 0 Å². The Morgan fingerprint density at radius 2 is 1.85 bits per heavy atom. The van der Waals surface area contributed by atoms with Crippen molar-refractivity contribution >= 4 is 5.97 Å². The smallest absolute Gasteiger partial charge is 0.302 e. The van der Waals surface area contributed by atoms with Crippen molar-refractivity contribution in [2.45, 2.75) is 94.3 Å². The molecule has 5 aliphatic rings. The molecule has 11 heteroatoms. The predicted octanol–water partition coefficient (Wildman–Crippen LogP) is -1.62. The van der Waals surface area contributed by atoms with E-state index < -0.39 is 84.1 Å². The highest BCUT2D eigenvalue weighted by Crippen LogP contribution is 2.72. The van der Waals surface area contributed by atoms with Crippen LogP contribution in [0, 0.1) is 10.8 Å². The number of carbonyl (C=O) groups is 1. The fourth-order valence-corrected chi connectivity index (χ4v) is 6.77. The molecular weight excluding hydrogens is 452 g/mol. The summed E-state index contributed by atoms with van der Waals surface area (Å²) in [6.45, 7) is 4.99. The van der Waals surface area contributed by atoms with Gasteiger partial charge in [0.2, 0.25) is 0 Å². The van der Waals surface area contributed by atoms with Gasteiger partial charge < -0.3 is 49.2 Å². The van der Waals surface area contributed by atoms with Crippen LogP contribution in [-0.4, -0.2) is 112 Å². The lowest BCUT2D eigenvalue weighted by Crippen LogP contribution is -2.67. The first kappa shape index (κ1) is 24.5. The second-order valence-corrected chi connectivity index (χ2v) is 10.6. The number of hydrogen-bond donors (Lipinski definition) is 5. The number of carbonyl (C=O) groups excluding carboxylic acids is 1. The average molecular weight is 487 g/mol. The molecule has 34 heavy (non-hydrogen) atoms. The van der Waals surface area contributed by atoms with E-state index >= 15 is 0 Å². The molecule has 0 amide bonds. The number of aliphatic hydroxyl groups is 5. The molecule has 7 unspecified atom stereocenters. The summed E-state index contributed by atoms with van der Waals surface area (Å²) in [5.74, 6) is -0.444. The van der Waals surface area contributed by atoms with E-state index in [4.69, 9.17) is 23.7 Å². The average Bonchev–Trinajstić information content (AvgIpc) is 3.58. The molecular formula is C23H34O11. The van der Waals surface area contributed by atoms with Gasteiger partial charge in [-0.1, -0.05) is 18.6 Å². The normalized spacial score (nSPS) is 53.9. The predicted molar refractivity (Wildman–Crippen MR) is 112 cm³/mol. The molecule has 2 bridgehead atoms. The third kappa shape index (κ3) is 3.12. The second-order valence-electron chi connectivity index (χ2n) is 10.6. The van der Waals surface area contributed by atoms with Gasteiger partial charge in [0.1, 0.15) is 48.8 Å². The van der Waals surface area contributed by atoms with Crippen LogP contribution in [0.1, 0.15) is 33.6 Å². The second kappa shape index (κ2) is 8.19. The number of epoxide rings is 1.